The molecule has 1 atom stereocenters. The first-order valence-electron chi connectivity index (χ1n) is 8.05. The second-order valence-electron chi connectivity index (χ2n) is 5.91. The Labute approximate surface area is 143 Å². The number of sulfonamides is 1. The van der Waals surface area contributed by atoms with Gasteiger partial charge in [0.05, 0.1) is 11.4 Å². The molecule has 128 valence electrons. The number of hydrogen-bond donors (Lipinski definition) is 1. The Balaban J connectivity index is 2.08. The zero-order valence-corrected chi connectivity index (χ0v) is 14.7. The fourth-order valence-corrected chi connectivity index (χ4v) is 4.60. The van der Waals surface area contributed by atoms with Gasteiger partial charge in [0, 0.05) is 6.42 Å². The Morgan fingerprint density at radius 2 is 1.92 bits per heavy atom. The molecule has 0 amide bonds. The highest BCUT2D eigenvalue weighted by Crippen LogP contribution is 2.43. The minimum Gasteiger partial charge on any atom is -0.470 e. The van der Waals surface area contributed by atoms with Gasteiger partial charge in [-0.15, -0.1) is 0 Å². The molecule has 0 fully saturated rings. The maximum absolute atomic E-state index is 13.2. The van der Waals surface area contributed by atoms with Crippen molar-refractivity contribution >= 4 is 21.4 Å². The van der Waals surface area contributed by atoms with E-state index < -0.39 is 15.5 Å². The van der Waals surface area contributed by atoms with Gasteiger partial charge < -0.3 is 10.1 Å². The average molecular weight is 346 g/mol. The van der Waals surface area contributed by atoms with Gasteiger partial charge in [-0.2, -0.15) is 0 Å². The molecule has 0 aliphatic carbocycles. The third kappa shape index (κ3) is 3.12. The number of para-hydroxylation sites is 1. The summed E-state index contributed by atoms with van der Waals surface area (Å²) in [6, 6.07) is 14.8. The minimum atomic E-state index is -3.64. The van der Waals surface area contributed by atoms with Crippen LogP contribution in [0.2, 0.25) is 0 Å². The molecule has 6 heteroatoms. The predicted octanol–water partition coefficient (Wildman–Crippen LogP) is 3.18. The number of hydrogen-bond acceptors (Lipinski definition) is 4. The van der Waals surface area contributed by atoms with Crippen LogP contribution in [0.15, 0.2) is 48.5 Å². The van der Waals surface area contributed by atoms with Gasteiger partial charge in [0.2, 0.25) is 5.44 Å². The van der Waals surface area contributed by atoms with Crippen LogP contribution in [0.4, 0.5) is 11.4 Å². The van der Waals surface area contributed by atoms with Crippen molar-refractivity contribution in [3.8, 4) is 5.75 Å². The third-order valence-corrected chi connectivity index (χ3v) is 5.95. The van der Waals surface area contributed by atoms with E-state index in [2.05, 4.69) is 5.32 Å². The Bertz CT molecular complexity index is 806. The highest BCUT2D eigenvalue weighted by atomic mass is 32.2. The van der Waals surface area contributed by atoms with E-state index in [0.717, 1.165) is 18.5 Å². The van der Waals surface area contributed by atoms with Crippen LogP contribution in [0, 0.1) is 6.92 Å². The zero-order valence-electron chi connectivity index (χ0n) is 13.9. The zero-order chi connectivity index (χ0) is 17.2. The summed E-state index contributed by atoms with van der Waals surface area (Å²) in [5.74, 6) is 0.605. The highest BCUT2D eigenvalue weighted by Gasteiger charge is 2.40. The van der Waals surface area contributed by atoms with Gasteiger partial charge in [-0.3, -0.25) is 0 Å². The van der Waals surface area contributed by atoms with E-state index >= 15 is 0 Å². The average Bonchev–Trinajstić information content (AvgIpc) is 2.56. The van der Waals surface area contributed by atoms with Crippen molar-refractivity contribution in [2.75, 3.05) is 17.9 Å². The van der Waals surface area contributed by atoms with Crippen molar-refractivity contribution in [1.82, 2.24) is 5.32 Å². The van der Waals surface area contributed by atoms with E-state index in [1.54, 1.807) is 12.1 Å². The van der Waals surface area contributed by atoms with Crippen LogP contribution in [-0.2, 0) is 10.0 Å². The van der Waals surface area contributed by atoms with Crippen molar-refractivity contribution in [2.45, 2.75) is 25.2 Å². The smallest absolute Gasteiger partial charge is 0.277 e. The number of rotatable bonds is 5. The van der Waals surface area contributed by atoms with E-state index in [4.69, 9.17) is 4.74 Å². The highest BCUT2D eigenvalue weighted by molar-refractivity contribution is 7.93. The van der Waals surface area contributed by atoms with Crippen LogP contribution >= 0.6 is 0 Å². The monoisotopic (exact) mass is 346 g/mol. The van der Waals surface area contributed by atoms with Crippen LogP contribution in [0.5, 0.6) is 5.75 Å². The summed E-state index contributed by atoms with van der Waals surface area (Å²) >= 11 is 0. The molecule has 24 heavy (non-hydrogen) atoms. The molecule has 2 aromatic rings. The summed E-state index contributed by atoms with van der Waals surface area (Å²) in [5, 5.41) is 3.04. The predicted molar refractivity (Wildman–Crippen MR) is 96.3 cm³/mol. The van der Waals surface area contributed by atoms with Crippen LogP contribution in [0.1, 0.15) is 18.4 Å². The van der Waals surface area contributed by atoms with Crippen LogP contribution in [-0.4, -0.2) is 27.4 Å². The van der Waals surface area contributed by atoms with E-state index in [1.165, 1.54) is 4.31 Å². The Kier molecular flexibility index (Phi) is 4.78. The number of nitrogens with one attached hydrogen (secondary N) is 1. The molecule has 0 saturated carbocycles. The second-order valence-corrected chi connectivity index (χ2v) is 7.83. The van der Waals surface area contributed by atoms with Crippen molar-refractivity contribution in [1.29, 1.82) is 0 Å². The van der Waals surface area contributed by atoms with Crippen LogP contribution in [0.3, 0.4) is 0 Å². The summed E-state index contributed by atoms with van der Waals surface area (Å²) < 4.78 is 33.6. The number of fused-ring (bicyclic) bond motifs is 1. The lowest BCUT2D eigenvalue weighted by Crippen LogP contribution is -2.43. The first kappa shape index (κ1) is 16.8. The SMILES string of the molecule is CNCCCC1Oc2ccc(C)cc2N(c2ccccc2)S1(=O)=O. The molecule has 1 heterocycles. The molecule has 1 N–H and O–H groups in total. The van der Waals surface area contributed by atoms with Crippen LogP contribution < -0.4 is 14.4 Å². The van der Waals surface area contributed by atoms with Gasteiger partial charge >= 0.3 is 0 Å². The van der Waals surface area contributed by atoms with E-state index in [-0.39, 0.29) is 0 Å². The third-order valence-electron chi connectivity index (χ3n) is 4.04. The van der Waals surface area contributed by atoms with Crippen molar-refractivity contribution in [2.24, 2.45) is 0 Å². The maximum atomic E-state index is 13.2. The number of anilines is 2. The first-order valence-corrected chi connectivity index (χ1v) is 9.55. The maximum Gasteiger partial charge on any atom is 0.277 e. The summed E-state index contributed by atoms with van der Waals surface area (Å²) in [6.07, 6.45) is 1.17. The molecular weight excluding hydrogens is 324 g/mol. The van der Waals surface area contributed by atoms with E-state index in [0.29, 0.717) is 23.5 Å². The molecule has 0 radical (unpaired) electrons. The van der Waals surface area contributed by atoms with E-state index in [9.17, 15) is 8.42 Å². The second kappa shape index (κ2) is 6.83. The normalized spacial score (nSPS) is 18.8. The molecule has 0 saturated heterocycles. The quantitative estimate of drug-likeness (QED) is 0.845. The molecule has 0 aromatic heterocycles. The Morgan fingerprint density at radius 3 is 2.62 bits per heavy atom. The number of aryl methyl sites for hydroxylation is 1. The number of benzene rings is 2. The van der Waals surface area contributed by atoms with E-state index in [1.807, 2.05) is 50.4 Å². The first-order chi connectivity index (χ1) is 11.5. The fourth-order valence-electron chi connectivity index (χ4n) is 2.85. The Morgan fingerprint density at radius 1 is 1.17 bits per heavy atom. The molecule has 0 spiro atoms. The van der Waals surface area contributed by atoms with Gasteiger partial charge in [-0.1, -0.05) is 24.3 Å². The number of nitrogens with zero attached hydrogens (tertiary/aromatic N) is 1. The molecule has 0 bridgehead atoms. The van der Waals surface area contributed by atoms with Crippen molar-refractivity contribution < 1.29 is 13.2 Å². The van der Waals surface area contributed by atoms with Crippen molar-refractivity contribution in [3.63, 3.8) is 0 Å². The fraction of sp³-hybridized carbons (Fsp3) is 0.333. The molecule has 1 aliphatic heterocycles. The molecule has 2 aromatic carbocycles. The lowest BCUT2D eigenvalue weighted by atomic mass is 10.2. The van der Waals surface area contributed by atoms with Gasteiger partial charge in [-0.25, -0.2) is 12.7 Å². The summed E-state index contributed by atoms with van der Waals surface area (Å²) in [6.45, 7) is 2.69. The van der Waals surface area contributed by atoms with Gasteiger partial charge in [0.15, 0.2) is 0 Å². The molecule has 1 unspecified atom stereocenters. The van der Waals surface area contributed by atoms with Gasteiger partial charge in [-0.05, 0) is 56.8 Å². The largest absolute Gasteiger partial charge is 0.470 e. The molecule has 5 nitrogen and oxygen atoms in total. The standard InChI is InChI=1S/C18H22N2O3S/c1-14-10-11-17-16(13-14)20(15-7-4-3-5-8-15)24(21,22)18(23-17)9-6-12-19-2/h3-5,7-8,10-11,13,18-19H,6,9,12H2,1-2H3. The lowest BCUT2D eigenvalue weighted by molar-refractivity contribution is 0.254. The lowest BCUT2D eigenvalue weighted by Gasteiger charge is -2.35. The minimum absolute atomic E-state index is 0.444. The summed E-state index contributed by atoms with van der Waals surface area (Å²) in [7, 11) is -1.79. The molecular formula is C18H22N2O3S. The summed E-state index contributed by atoms with van der Waals surface area (Å²) in [4.78, 5) is 0. The topological polar surface area (TPSA) is 58.6 Å². The molecule has 3 rings (SSSR count). The van der Waals surface area contributed by atoms with Crippen molar-refractivity contribution in [3.05, 3.63) is 54.1 Å². The summed E-state index contributed by atoms with van der Waals surface area (Å²) in [5.41, 5.74) is 1.32. The van der Waals surface area contributed by atoms with Crippen LogP contribution in [0.25, 0.3) is 0 Å². The Hall–Kier alpha value is -2.05. The van der Waals surface area contributed by atoms with Gasteiger partial charge in [0.1, 0.15) is 5.75 Å². The number of ether oxygens (including phenoxy) is 1. The molecule has 1 aliphatic rings. The van der Waals surface area contributed by atoms with Gasteiger partial charge in [0.25, 0.3) is 10.0 Å².